The van der Waals surface area contributed by atoms with Crippen molar-refractivity contribution in [2.24, 2.45) is 0 Å². The van der Waals surface area contributed by atoms with Crippen LogP contribution in [0.3, 0.4) is 0 Å². The number of rotatable bonds is 6. The van der Waals surface area contributed by atoms with Crippen LogP contribution in [-0.2, 0) is 17.9 Å². The molecule has 0 aliphatic heterocycles. The third-order valence-electron chi connectivity index (χ3n) is 2.06. The number of aromatic nitrogens is 2. The first-order valence-electron chi connectivity index (χ1n) is 5.01. The minimum absolute atomic E-state index is 0.410. The zero-order chi connectivity index (χ0) is 9.80. The molecule has 1 aliphatic carbocycles. The van der Waals surface area contributed by atoms with Crippen molar-refractivity contribution in [1.29, 1.82) is 0 Å². The maximum atomic E-state index is 5.35. The van der Waals surface area contributed by atoms with Gasteiger partial charge in [-0.15, -0.1) is 10.2 Å². The van der Waals surface area contributed by atoms with Crippen LogP contribution < -0.4 is 5.32 Å². The molecule has 2 rings (SSSR count). The van der Waals surface area contributed by atoms with Crippen LogP contribution in [-0.4, -0.2) is 22.8 Å². The van der Waals surface area contributed by atoms with Crippen molar-refractivity contribution >= 4 is 0 Å². The Morgan fingerprint density at radius 1 is 1.43 bits per heavy atom. The van der Waals surface area contributed by atoms with E-state index in [1.54, 1.807) is 0 Å². The normalized spacial score (nSPS) is 16.1. The second-order valence-electron chi connectivity index (χ2n) is 3.38. The quantitative estimate of drug-likeness (QED) is 0.732. The molecule has 1 aromatic rings. The van der Waals surface area contributed by atoms with Gasteiger partial charge in [-0.25, -0.2) is 0 Å². The Bertz CT molecular complexity index is 283. The Hall–Kier alpha value is -0.940. The maximum absolute atomic E-state index is 5.35. The van der Waals surface area contributed by atoms with Gasteiger partial charge in [0.25, 0.3) is 0 Å². The van der Waals surface area contributed by atoms with E-state index in [-0.39, 0.29) is 0 Å². The number of ether oxygens (including phenoxy) is 1. The molecule has 0 atom stereocenters. The molecule has 0 spiro atoms. The van der Waals surface area contributed by atoms with Crippen LogP contribution in [0.25, 0.3) is 0 Å². The Balaban J connectivity index is 1.76. The largest absolute Gasteiger partial charge is 0.421 e. The van der Waals surface area contributed by atoms with E-state index >= 15 is 0 Å². The summed E-state index contributed by atoms with van der Waals surface area (Å²) < 4.78 is 10.5. The number of hydrogen-bond acceptors (Lipinski definition) is 5. The van der Waals surface area contributed by atoms with Gasteiger partial charge in [0.05, 0.1) is 6.54 Å². The molecule has 0 saturated heterocycles. The monoisotopic (exact) mass is 197 g/mol. The van der Waals surface area contributed by atoms with Crippen LogP contribution in [0.2, 0.25) is 0 Å². The average molecular weight is 197 g/mol. The first-order valence-corrected chi connectivity index (χ1v) is 5.01. The van der Waals surface area contributed by atoms with E-state index in [0.717, 1.165) is 0 Å². The third-order valence-corrected chi connectivity index (χ3v) is 2.06. The molecule has 0 radical (unpaired) electrons. The highest BCUT2D eigenvalue weighted by Crippen LogP contribution is 2.19. The fraction of sp³-hybridized carbons (Fsp3) is 0.778. The van der Waals surface area contributed by atoms with Crippen molar-refractivity contribution in [2.45, 2.75) is 39.0 Å². The topological polar surface area (TPSA) is 60.2 Å². The Labute approximate surface area is 82.8 Å². The molecule has 0 bridgehead atoms. The van der Waals surface area contributed by atoms with Crippen molar-refractivity contribution in [1.82, 2.24) is 15.5 Å². The van der Waals surface area contributed by atoms with E-state index in [1.165, 1.54) is 12.8 Å². The summed E-state index contributed by atoms with van der Waals surface area (Å²) in [7, 11) is 0. The molecule has 1 fully saturated rings. The van der Waals surface area contributed by atoms with E-state index in [1.807, 2.05) is 6.92 Å². The van der Waals surface area contributed by atoms with E-state index in [4.69, 9.17) is 9.15 Å². The number of nitrogens with zero attached hydrogens (tertiary/aromatic N) is 2. The van der Waals surface area contributed by atoms with Gasteiger partial charge in [0, 0.05) is 12.6 Å². The summed E-state index contributed by atoms with van der Waals surface area (Å²) in [5.41, 5.74) is 0. The molecule has 0 amide bonds. The molecule has 5 nitrogen and oxygen atoms in total. The summed E-state index contributed by atoms with van der Waals surface area (Å²) >= 11 is 0. The summed E-state index contributed by atoms with van der Waals surface area (Å²) in [6, 6.07) is 0.664. The third kappa shape index (κ3) is 2.78. The minimum atomic E-state index is 0.410. The van der Waals surface area contributed by atoms with E-state index in [0.29, 0.717) is 37.6 Å². The average Bonchev–Trinajstić information content (AvgIpc) is 2.92. The van der Waals surface area contributed by atoms with Gasteiger partial charge in [-0.05, 0) is 19.8 Å². The fourth-order valence-corrected chi connectivity index (χ4v) is 1.13. The zero-order valence-corrected chi connectivity index (χ0v) is 8.32. The number of nitrogens with one attached hydrogen (secondary N) is 1. The van der Waals surface area contributed by atoms with Gasteiger partial charge in [-0.3, -0.25) is 0 Å². The van der Waals surface area contributed by atoms with E-state index < -0.39 is 0 Å². The van der Waals surface area contributed by atoms with Crippen LogP contribution >= 0.6 is 0 Å². The maximum Gasteiger partial charge on any atom is 0.242 e. The lowest BCUT2D eigenvalue weighted by Gasteiger charge is -1.96. The molecule has 0 unspecified atom stereocenters. The summed E-state index contributed by atoms with van der Waals surface area (Å²) in [5, 5.41) is 11.1. The van der Waals surface area contributed by atoms with Crippen molar-refractivity contribution in [2.75, 3.05) is 6.61 Å². The Morgan fingerprint density at radius 3 is 2.93 bits per heavy atom. The molecule has 1 saturated carbocycles. The second-order valence-corrected chi connectivity index (χ2v) is 3.38. The molecule has 1 aliphatic rings. The Morgan fingerprint density at radius 2 is 2.21 bits per heavy atom. The van der Waals surface area contributed by atoms with Gasteiger partial charge in [-0.2, -0.15) is 0 Å². The van der Waals surface area contributed by atoms with Gasteiger partial charge in [0.1, 0.15) is 6.61 Å². The number of hydrogen-bond donors (Lipinski definition) is 1. The fourth-order valence-electron chi connectivity index (χ4n) is 1.13. The molecular weight excluding hydrogens is 182 g/mol. The van der Waals surface area contributed by atoms with Crippen LogP contribution in [0.5, 0.6) is 0 Å². The summed E-state index contributed by atoms with van der Waals surface area (Å²) in [6.45, 7) is 3.68. The van der Waals surface area contributed by atoms with Crippen molar-refractivity contribution in [3.05, 3.63) is 11.8 Å². The Kier molecular flexibility index (Phi) is 3.10. The van der Waals surface area contributed by atoms with Gasteiger partial charge < -0.3 is 14.5 Å². The van der Waals surface area contributed by atoms with Crippen molar-refractivity contribution in [3.63, 3.8) is 0 Å². The summed E-state index contributed by atoms with van der Waals surface area (Å²) in [4.78, 5) is 0. The molecule has 5 heteroatoms. The van der Waals surface area contributed by atoms with Gasteiger partial charge in [0.2, 0.25) is 11.8 Å². The predicted molar refractivity (Wildman–Crippen MR) is 49.5 cm³/mol. The zero-order valence-electron chi connectivity index (χ0n) is 8.32. The molecule has 1 N–H and O–H groups in total. The molecule has 1 aromatic heterocycles. The smallest absolute Gasteiger partial charge is 0.242 e. The van der Waals surface area contributed by atoms with E-state index in [2.05, 4.69) is 15.5 Å². The standard InChI is InChI=1S/C9H15N3O2/c1-2-13-6-9-12-11-8(14-9)5-10-7-3-4-7/h7,10H,2-6H2,1H3. The highest BCUT2D eigenvalue weighted by atomic mass is 16.5. The van der Waals surface area contributed by atoms with Crippen LogP contribution in [0, 0.1) is 0 Å². The van der Waals surface area contributed by atoms with Crippen molar-refractivity contribution in [3.8, 4) is 0 Å². The molecule has 0 aromatic carbocycles. The summed E-state index contributed by atoms with van der Waals surface area (Å²) in [6.07, 6.45) is 2.53. The molecule has 78 valence electrons. The molecular formula is C9H15N3O2. The lowest BCUT2D eigenvalue weighted by Crippen LogP contribution is -2.15. The lowest BCUT2D eigenvalue weighted by atomic mass is 10.6. The van der Waals surface area contributed by atoms with Crippen LogP contribution in [0.1, 0.15) is 31.5 Å². The lowest BCUT2D eigenvalue weighted by molar-refractivity contribution is 0.113. The first-order chi connectivity index (χ1) is 6.88. The van der Waals surface area contributed by atoms with Gasteiger partial charge in [-0.1, -0.05) is 0 Å². The van der Waals surface area contributed by atoms with E-state index in [9.17, 15) is 0 Å². The minimum Gasteiger partial charge on any atom is -0.421 e. The highest BCUT2D eigenvalue weighted by Gasteiger charge is 2.21. The van der Waals surface area contributed by atoms with Crippen LogP contribution in [0.4, 0.5) is 0 Å². The summed E-state index contributed by atoms with van der Waals surface area (Å²) in [5.74, 6) is 1.20. The first kappa shape index (κ1) is 9.61. The highest BCUT2D eigenvalue weighted by molar-refractivity contribution is 4.85. The van der Waals surface area contributed by atoms with Crippen LogP contribution in [0.15, 0.2) is 4.42 Å². The van der Waals surface area contributed by atoms with Gasteiger partial charge in [0.15, 0.2) is 0 Å². The SMILES string of the molecule is CCOCc1nnc(CNC2CC2)o1. The molecule has 14 heavy (non-hydrogen) atoms. The predicted octanol–water partition coefficient (Wildman–Crippen LogP) is 0.858. The second kappa shape index (κ2) is 4.52. The van der Waals surface area contributed by atoms with Crippen molar-refractivity contribution < 1.29 is 9.15 Å². The van der Waals surface area contributed by atoms with Gasteiger partial charge >= 0.3 is 0 Å². The molecule has 1 heterocycles.